The minimum atomic E-state index is 0.0240. The van der Waals surface area contributed by atoms with Crippen LogP contribution in [0.5, 0.6) is 5.75 Å². The Morgan fingerprint density at radius 3 is 2.84 bits per heavy atom. The molecule has 102 valence electrons. The first-order chi connectivity index (χ1) is 9.16. The molecule has 19 heavy (non-hydrogen) atoms. The molecule has 2 nitrogen and oxygen atoms in total. The van der Waals surface area contributed by atoms with Crippen LogP contribution in [0.2, 0.25) is 10.0 Å². The number of hydrogen-bond donors (Lipinski definition) is 1. The zero-order chi connectivity index (χ0) is 13.7. The van der Waals surface area contributed by atoms with Gasteiger partial charge in [-0.05, 0) is 30.5 Å². The van der Waals surface area contributed by atoms with Crippen molar-refractivity contribution in [3.8, 4) is 5.75 Å². The van der Waals surface area contributed by atoms with Crippen LogP contribution in [-0.4, -0.2) is 12.6 Å². The molecule has 2 aromatic rings. The fourth-order valence-corrected chi connectivity index (χ4v) is 2.66. The Hall–Kier alpha value is -0.740. The summed E-state index contributed by atoms with van der Waals surface area (Å²) in [4.78, 5) is 1.31. The Morgan fingerprint density at radius 1 is 1.26 bits per heavy atom. The lowest BCUT2D eigenvalue weighted by Gasteiger charge is -2.16. The van der Waals surface area contributed by atoms with Crippen LogP contribution in [0, 0.1) is 0 Å². The lowest BCUT2D eigenvalue weighted by Crippen LogP contribution is -2.28. The molecular weight excluding hydrogens is 301 g/mol. The van der Waals surface area contributed by atoms with Crippen LogP contribution in [0.4, 0.5) is 0 Å². The SMILES string of the molecule is CC(CNCc1cccs1)Oc1cccc(Cl)c1Cl. The van der Waals surface area contributed by atoms with Crippen molar-refractivity contribution in [3.63, 3.8) is 0 Å². The second-order valence-electron chi connectivity index (χ2n) is 4.19. The van der Waals surface area contributed by atoms with Crippen molar-refractivity contribution in [2.45, 2.75) is 19.6 Å². The summed E-state index contributed by atoms with van der Waals surface area (Å²) in [6.07, 6.45) is 0.0240. The Kier molecular flexibility index (Phi) is 5.52. The largest absolute Gasteiger partial charge is 0.488 e. The summed E-state index contributed by atoms with van der Waals surface area (Å²) in [6.45, 7) is 3.61. The Morgan fingerprint density at radius 2 is 2.11 bits per heavy atom. The molecule has 1 aromatic carbocycles. The standard InChI is InChI=1S/C14H15Cl2NOS/c1-10(8-17-9-11-4-3-7-19-11)18-13-6-2-5-12(15)14(13)16/h2-7,10,17H,8-9H2,1H3. The maximum Gasteiger partial charge on any atom is 0.139 e. The van der Waals surface area contributed by atoms with Gasteiger partial charge in [-0.1, -0.05) is 35.3 Å². The van der Waals surface area contributed by atoms with Gasteiger partial charge in [0.15, 0.2) is 0 Å². The van der Waals surface area contributed by atoms with Crippen LogP contribution in [0.1, 0.15) is 11.8 Å². The van der Waals surface area contributed by atoms with E-state index in [1.807, 2.05) is 25.1 Å². The molecule has 1 aromatic heterocycles. The van der Waals surface area contributed by atoms with E-state index in [-0.39, 0.29) is 6.10 Å². The fraction of sp³-hybridized carbons (Fsp3) is 0.286. The number of ether oxygens (including phenoxy) is 1. The molecular formula is C14H15Cl2NOS. The summed E-state index contributed by atoms with van der Waals surface area (Å²) >= 11 is 13.8. The molecule has 1 atom stereocenters. The first kappa shape index (κ1) is 14.7. The first-order valence-corrected chi connectivity index (χ1v) is 7.64. The smallest absolute Gasteiger partial charge is 0.139 e. The van der Waals surface area contributed by atoms with Crippen molar-refractivity contribution >= 4 is 34.5 Å². The average Bonchev–Trinajstić information content (AvgIpc) is 2.88. The molecule has 0 bridgehead atoms. The molecule has 0 aliphatic rings. The van der Waals surface area contributed by atoms with Gasteiger partial charge in [-0.3, -0.25) is 0 Å². The fourth-order valence-electron chi connectivity index (χ4n) is 1.65. The van der Waals surface area contributed by atoms with Crippen molar-refractivity contribution in [1.29, 1.82) is 0 Å². The third-order valence-electron chi connectivity index (χ3n) is 2.56. The number of benzene rings is 1. The molecule has 1 N–H and O–H groups in total. The van der Waals surface area contributed by atoms with Gasteiger partial charge < -0.3 is 10.1 Å². The molecule has 0 aliphatic heterocycles. The van der Waals surface area contributed by atoms with E-state index in [2.05, 4.69) is 16.8 Å². The molecule has 1 unspecified atom stereocenters. The third kappa shape index (κ3) is 4.39. The van der Waals surface area contributed by atoms with E-state index < -0.39 is 0 Å². The number of hydrogen-bond acceptors (Lipinski definition) is 3. The van der Waals surface area contributed by atoms with Crippen molar-refractivity contribution in [2.24, 2.45) is 0 Å². The van der Waals surface area contributed by atoms with Crippen molar-refractivity contribution < 1.29 is 4.74 Å². The summed E-state index contributed by atoms with van der Waals surface area (Å²) < 4.78 is 5.77. The zero-order valence-electron chi connectivity index (χ0n) is 10.5. The third-order valence-corrected chi connectivity index (χ3v) is 4.23. The molecule has 0 fully saturated rings. The van der Waals surface area contributed by atoms with Gasteiger partial charge in [0.25, 0.3) is 0 Å². The highest BCUT2D eigenvalue weighted by Gasteiger charge is 2.09. The van der Waals surface area contributed by atoms with Crippen LogP contribution in [-0.2, 0) is 6.54 Å². The topological polar surface area (TPSA) is 21.3 Å². The highest BCUT2D eigenvalue weighted by atomic mass is 35.5. The lowest BCUT2D eigenvalue weighted by atomic mass is 10.3. The summed E-state index contributed by atoms with van der Waals surface area (Å²) in [5, 5.41) is 6.40. The van der Waals surface area contributed by atoms with E-state index in [1.54, 1.807) is 17.4 Å². The predicted molar refractivity (Wildman–Crippen MR) is 82.6 cm³/mol. The van der Waals surface area contributed by atoms with Crippen LogP contribution >= 0.6 is 34.5 Å². The highest BCUT2D eigenvalue weighted by molar-refractivity contribution is 7.09. The molecule has 0 aliphatic carbocycles. The van der Waals surface area contributed by atoms with Crippen LogP contribution < -0.4 is 10.1 Å². The van der Waals surface area contributed by atoms with Gasteiger partial charge in [-0.2, -0.15) is 0 Å². The van der Waals surface area contributed by atoms with E-state index in [0.29, 0.717) is 15.8 Å². The van der Waals surface area contributed by atoms with Gasteiger partial charge >= 0.3 is 0 Å². The average molecular weight is 316 g/mol. The molecule has 0 radical (unpaired) electrons. The molecule has 2 rings (SSSR count). The molecule has 0 saturated heterocycles. The molecule has 1 heterocycles. The Balaban J connectivity index is 1.80. The normalized spacial score (nSPS) is 12.4. The molecule has 0 saturated carbocycles. The maximum absolute atomic E-state index is 6.08. The van der Waals surface area contributed by atoms with E-state index in [1.165, 1.54) is 4.88 Å². The van der Waals surface area contributed by atoms with Crippen molar-refractivity contribution in [1.82, 2.24) is 5.32 Å². The van der Waals surface area contributed by atoms with Gasteiger partial charge in [0.1, 0.15) is 16.9 Å². The second kappa shape index (κ2) is 7.15. The van der Waals surface area contributed by atoms with Crippen LogP contribution in [0.25, 0.3) is 0 Å². The lowest BCUT2D eigenvalue weighted by molar-refractivity contribution is 0.217. The van der Waals surface area contributed by atoms with Gasteiger partial charge in [0, 0.05) is 18.0 Å². The van der Waals surface area contributed by atoms with Gasteiger partial charge in [-0.25, -0.2) is 0 Å². The number of rotatable bonds is 6. The van der Waals surface area contributed by atoms with Crippen molar-refractivity contribution in [3.05, 3.63) is 50.6 Å². The number of halogens is 2. The summed E-state index contributed by atoms with van der Waals surface area (Å²) in [5.41, 5.74) is 0. The number of nitrogens with one attached hydrogen (secondary N) is 1. The van der Waals surface area contributed by atoms with E-state index in [4.69, 9.17) is 27.9 Å². The molecule has 0 spiro atoms. The van der Waals surface area contributed by atoms with Crippen LogP contribution in [0.3, 0.4) is 0 Å². The minimum absolute atomic E-state index is 0.0240. The first-order valence-electron chi connectivity index (χ1n) is 6.00. The summed E-state index contributed by atoms with van der Waals surface area (Å²) in [5.74, 6) is 0.625. The Labute approximate surface area is 127 Å². The Bertz CT molecular complexity index is 516. The van der Waals surface area contributed by atoms with E-state index in [9.17, 15) is 0 Å². The predicted octanol–water partition coefficient (Wildman–Crippen LogP) is 4.61. The maximum atomic E-state index is 6.08. The molecule has 0 amide bonds. The second-order valence-corrected chi connectivity index (χ2v) is 6.01. The summed E-state index contributed by atoms with van der Waals surface area (Å²) in [7, 11) is 0. The molecule has 5 heteroatoms. The summed E-state index contributed by atoms with van der Waals surface area (Å²) in [6, 6.07) is 9.56. The van der Waals surface area contributed by atoms with Gasteiger partial charge in [0.05, 0.1) is 5.02 Å². The number of thiophene rings is 1. The minimum Gasteiger partial charge on any atom is -0.488 e. The van der Waals surface area contributed by atoms with E-state index >= 15 is 0 Å². The van der Waals surface area contributed by atoms with E-state index in [0.717, 1.165) is 13.1 Å². The highest BCUT2D eigenvalue weighted by Crippen LogP contribution is 2.31. The monoisotopic (exact) mass is 315 g/mol. The zero-order valence-corrected chi connectivity index (χ0v) is 12.9. The van der Waals surface area contributed by atoms with Crippen molar-refractivity contribution in [2.75, 3.05) is 6.54 Å². The quantitative estimate of drug-likeness (QED) is 0.840. The van der Waals surface area contributed by atoms with Gasteiger partial charge in [0.2, 0.25) is 0 Å². The van der Waals surface area contributed by atoms with Crippen LogP contribution in [0.15, 0.2) is 35.7 Å². The van der Waals surface area contributed by atoms with Gasteiger partial charge in [-0.15, -0.1) is 11.3 Å².